The van der Waals surface area contributed by atoms with Crippen LogP contribution in [0, 0.1) is 0 Å². The molecule has 1 rings (SSSR count). The highest BCUT2D eigenvalue weighted by atomic mass is 19.3. The van der Waals surface area contributed by atoms with Crippen molar-refractivity contribution >= 4 is 11.7 Å². The molecule has 8 heteroatoms. The number of alkyl halides is 2. The standard InChI is InChI=1S/C9H10F2N2O4/c10-9(11)17-6-2-1-4(3-5(6)13-12)7(14)8(15)16/h1-3,7,9,13-14H,12H2,(H,15,16). The topological polar surface area (TPSA) is 105 Å². The van der Waals surface area contributed by atoms with Crippen molar-refractivity contribution in [3.05, 3.63) is 23.8 Å². The summed E-state index contributed by atoms with van der Waals surface area (Å²) in [5.41, 5.74) is 2.01. The minimum atomic E-state index is -3.03. The molecular formula is C9H10F2N2O4. The summed E-state index contributed by atoms with van der Waals surface area (Å²) in [7, 11) is 0. The monoisotopic (exact) mass is 248 g/mol. The molecule has 0 saturated heterocycles. The van der Waals surface area contributed by atoms with Gasteiger partial charge in [0.2, 0.25) is 0 Å². The highest BCUT2D eigenvalue weighted by Crippen LogP contribution is 2.28. The van der Waals surface area contributed by atoms with Crippen LogP contribution >= 0.6 is 0 Å². The van der Waals surface area contributed by atoms with E-state index < -0.39 is 18.7 Å². The normalized spacial score (nSPS) is 12.3. The molecule has 0 aliphatic heterocycles. The number of rotatable bonds is 5. The van der Waals surface area contributed by atoms with Gasteiger partial charge >= 0.3 is 12.6 Å². The van der Waals surface area contributed by atoms with Crippen LogP contribution in [0.2, 0.25) is 0 Å². The summed E-state index contributed by atoms with van der Waals surface area (Å²) in [6, 6.07) is 3.34. The van der Waals surface area contributed by atoms with Gasteiger partial charge in [0, 0.05) is 0 Å². The van der Waals surface area contributed by atoms with Crippen LogP contribution in [0.25, 0.3) is 0 Å². The number of nitrogen functional groups attached to an aromatic ring is 1. The number of carboxylic acids is 1. The fourth-order valence-electron chi connectivity index (χ4n) is 1.17. The van der Waals surface area contributed by atoms with E-state index in [9.17, 15) is 18.7 Å². The Kier molecular flexibility index (Phi) is 4.18. The van der Waals surface area contributed by atoms with E-state index in [4.69, 9.17) is 10.9 Å². The second-order valence-electron chi connectivity index (χ2n) is 3.02. The quantitative estimate of drug-likeness (QED) is 0.451. The second kappa shape index (κ2) is 5.41. The summed E-state index contributed by atoms with van der Waals surface area (Å²) in [5, 5.41) is 17.8. The molecule has 0 saturated carbocycles. The van der Waals surface area contributed by atoms with Gasteiger partial charge in [-0.2, -0.15) is 8.78 Å². The third-order valence-corrected chi connectivity index (χ3v) is 1.92. The lowest BCUT2D eigenvalue weighted by atomic mass is 10.1. The molecule has 0 spiro atoms. The molecule has 1 atom stereocenters. The Hall–Kier alpha value is -1.93. The lowest BCUT2D eigenvalue weighted by Crippen LogP contribution is -2.14. The highest BCUT2D eigenvalue weighted by Gasteiger charge is 2.18. The number of anilines is 1. The summed E-state index contributed by atoms with van der Waals surface area (Å²) in [6.07, 6.45) is -1.76. The number of hydrogen-bond acceptors (Lipinski definition) is 5. The molecule has 17 heavy (non-hydrogen) atoms. The molecule has 0 aromatic heterocycles. The van der Waals surface area contributed by atoms with Gasteiger partial charge in [0.1, 0.15) is 0 Å². The third-order valence-electron chi connectivity index (χ3n) is 1.92. The van der Waals surface area contributed by atoms with Gasteiger partial charge in [-0.3, -0.25) is 5.84 Å². The highest BCUT2D eigenvalue weighted by molar-refractivity contribution is 5.75. The Morgan fingerprint density at radius 1 is 1.47 bits per heavy atom. The Balaban J connectivity index is 3.03. The molecule has 0 bridgehead atoms. The first-order chi connectivity index (χ1) is 7.95. The molecule has 6 nitrogen and oxygen atoms in total. The van der Waals surface area contributed by atoms with Crippen molar-refractivity contribution in [2.75, 3.05) is 5.43 Å². The molecule has 5 N–H and O–H groups in total. The first-order valence-electron chi connectivity index (χ1n) is 4.42. The number of carboxylic acid groups (broad SMARTS) is 1. The molecule has 94 valence electrons. The smallest absolute Gasteiger partial charge is 0.387 e. The summed E-state index contributed by atoms with van der Waals surface area (Å²) in [5.74, 6) is 3.36. The number of hydrogen-bond donors (Lipinski definition) is 4. The van der Waals surface area contributed by atoms with E-state index in [0.717, 1.165) is 18.2 Å². The molecule has 0 radical (unpaired) electrons. The second-order valence-corrected chi connectivity index (χ2v) is 3.02. The van der Waals surface area contributed by atoms with Crippen LogP contribution in [0.3, 0.4) is 0 Å². The summed E-state index contributed by atoms with van der Waals surface area (Å²) in [4.78, 5) is 10.5. The van der Waals surface area contributed by atoms with E-state index in [1.165, 1.54) is 0 Å². The largest absolute Gasteiger partial charge is 0.479 e. The number of nitrogens with one attached hydrogen (secondary N) is 1. The Bertz CT molecular complexity index is 414. The fourth-order valence-corrected chi connectivity index (χ4v) is 1.17. The zero-order valence-electron chi connectivity index (χ0n) is 8.43. The number of hydrazine groups is 1. The maximum atomic E-state index is 12.0. The van der Waals surface area contributed by atoms with Crippen molar-refractivity contribution < 1.29 is 28.5 Å². The van der Waals surface area contributed by atoms with E-state index in [2.05, 4.69) is 10.2 Å². The minimum Gasteiger partial charge on any atom is -0.479 e. The number of aliphatic hydroxyl groups is 1. The van der Waals surface area contributed by atoms with Gasteiger partial charge in [-0.15, -0.1) is 0 Å². The van der Waals surface area contributed by atoms with Crippen molar-refractivity contribution in [1.82, 2.24) is 0 Å². The van der Waals surface area contributed by atoms with Crippen molar-refractivity contribution in [1.29, 1.82) is 0 Å². The molecule has 0 heterocycles. The predicted molar refractivity (Wildman–Crippen MR) is 53.5 cm³/mol. The van der Waals surface area contributed by atoms with Crippen LogP contribution in [0.15, 0.2) is 18.2 Å². The van der Waals surface area contributed by atoms with Gasteiger partial charge in [0.05, 0.1) is 5.69 Å². The van der Waals surface area contributed by atoms with E-state index in [1.54, 1.807) is 0 Å². The number of ether oxygens (including phenoxy) is 1. The van der Waals surface area contributed by atoms with Crippen LogP contribution < -0.4 is 16.0 Å². The first kappa shape index (κ1) is 13.1. The number of halogens is 2. The summed E-state index contributed by atoms with van der Waals surface area (Å²) >= 11 is 0. The van der Waals surface area contributed by atoms with Crippen molar-refractivity contribution in [3.63, 3.8) is 0 Å². The Morgan fingerprint density at radius 2 is 2.12 bits per heavy atom. The van der Waals surface area contributed by atoms with Crippen molar-refractivity contribution in [2.45, 2.75) is 12.7 Å². The van der Waals surface area contributed by atoms with E-state index in [0.29, 0.717) is 0 Å². The first-order valence-corrected chi connectivity index (χ1v) is 4.42. The maximum Gasteiger partial charge on any atom is 0.387 e. The molecule has 0 aliphatic carbocycles. The zero-order valence-corrected chi connectivity index (χ0v) is 8.43. The number of carbonyl (C=O) groups is 1. The molecule has 1 aromatic carbocycles. The van der Waals surface area contributed by atoms with Gasteiger partial charge < -0.3 is 20.4 Å². The zero-order chi connectivity index (χ0) is 13.0. The lowest BCUT2D eigenvalue weighted by Gasteiger charge is -2.13. The molecule has 1 aromatic rings. The van der Waals surface area contributed by atoms with Gasteiger partial charge in [0.15, 0.2) is 11.9 Å². The summed E-state index contributed by atoms with van der Waals surface area (Å²) in [6.45, 7) is -3.03. The summed E-state index contributed by atoms with van der Waals surface area (Å²) < 4.78 is 28.1. The fraction of sp³-hybridized carbons (Fsp3) is 0.222. The van der Waals surface area contributed by atoms with Gasteiger partial charge in [-0.1, -0.05) is 6.07 Å². The van der Waals surface area contributed by atoms with E-state index >= 15 is 0 Å². The molecule has 0 aliphatic rings. The van der Waals surface area contributed by atoms with Crippen molar-refractivity contribution in [3.8, 4) is 5.75 Å². The predicted octanol–water partition coefficient (Wildman–Crippen LogP) is 0.692. The minimum absolute atomic E-state index is 0.00735. The SMILES string of the molecule is NNc1cc(C(O)C(=O)O)ccc1OC(F)F. The van der Waals surface area contributed by atoms with Crippen LogP contribution in [-0.2, 0) is 4.79 Å². The third kappa shape index (κ3) is 3.26. The maximum absolute atomic E-state index is 12.0. The van der Waals surface area contributed by atoms with Crippen LogP contribution in [-0.4, -0.2) is 22.8 Å². The number of aliphatic hydroxyl groups excluding tert-OH is 1. The number of nitrogens with two attached hydrogens (primary N) is 1. The van der Waals surface area contributed by atoms with E-state index in [1.807, 2.05) is 0 Å². The van der Waals surface area contributed by atoms with Gasteiger partial charge in [-0.05, 0) is 17.7 Å². The number of aliphatic carboxylic acids is 1. The van der Waals surface area contributed by atoms with E-state index in [-0.39, 0.29) is 17.0 Å². The molecule has 0 fully saturated rings. The Labute approximate surface area is 94.6 Å². The van der Waals surface area contributed by atoms with Crippen LogP contribution in [0.1, 0.15) is 11.7 Å². The average molecular weight is 248 g/mol. The molecule has 1 unspecified atom stereocenters. The Morgan fingerprint density at radius 3 is 2.59 bits per heavy atom. The molecule has 0 amide bonds. The van der Waals surface area contributed by atoms with Crippen LogP contribution in [0.4, 0.5) is 14.5 Å². The van der Waals surface area contributed by atoms with Gasteiger partial charge in [-0.25, -0.2) is 4.79 Å². The van der Waals surface area contributed by atoms with Crippen molar-refractivity contribution in [2.24, 2.45) is 5.84 Å². The molecular weight excluding hydrogens is 238 g/mol. The number of benzene rings is 1. The van der Waals surface area contributed by atoms with Crippen LogP contribution in [0.5, 0.6) is 5.75 Å². The van der Waals surface area contributed by atoms with Gasteiger partial charge in [0.25, 0.3) is 0 Å². The average Bonchev–Trinajstić information content (AvgIpc) is 2.27. The lowest BCUT2D eigenvalue weighted by molar-refractivity contribution is -0.146.